The monoisotopic (exact) mass is 349 g/mol. The summed E-state index contributed by atoms with van der Waals surface area (Å²) in [6.45, 7) is 7.01. The molecule has 0 radical (unpaired) electrons. The van der Waals surface area contributed by atoms with Crippen molar-refractivity contribution in [2.24, 2.45) is 5.92 Å². The Labute approximate surface area is 147 Å². The number of aryl methyl sites for hydroxylation is 1. The largest absolute Gasteiger partial charge is 0.381 e. The summed E-state index contributed by atoms with van der Waals surface area (Å²) in [5, 5.41) is 7.80. The van der Waals surface area contributed by atoms with Crippen LogP contribution in [0.15, 0.2) is 18.2 Å². The standard InChI is InChI=1S/C19H25F2N3O/c1-13-17(11-22-8-3-9-25-12-15-4-5-15)14(2)24(23-13)19-7-6-16(20)10-18(19)21/h6-7,10,15,22H,3-5,8-9,11-12H2,1-2H3. The van der Waals surface area contributed by atoms with Gasteiger partial charge >= 0.3 is 0 Å². The number of rotatable bonds is 9. The molecule has 1 heterocycles. The minimum Gasteiger partial charge on any atom is -0.381 e. The Morgan fingerprint density at radius 3 is 2.80 bits per heavy atom. The molecular weight excluding hydrogens is 324 g/mol. The minimum absolute atomic E-state index is 0.265. The lowest BCUT2D eigenvalue weighted by Gasteiger charge is -2.08. The van der Waals surface area contributed by atoms with E-state index in [4.69, 9.17) is 4.74 Å². The van der Waals surface area contributed by atoms with Gasteiger partial charge in [-0.1, -0.05) is 0 Å². The van der Waals surface area contributed by atoms with Crippen LogP contribution >= 0.6 is 0 Å². The topological polar surface area (TPSA) is 39.1 Å². The van der Waals surface area contributed by atoms with Gasteiger partial charge in [0.15, 0.2) is 5.82 Å². The van der Waals surface area contributed by atoms with Crippen LogP contribution in [0, 0.1) is 31.4 Å². The van der Waals surface area contributed by atoms with Crippen molar-refractivity contribution in [1.82, 2.24) is 15.1 Å². The quantitative estimate of drug-likeness (QED) is 0.702. The number of halogens is 2. The lowest BCUT2D eigenvalue weighted by Crippen LogP contribution is -2.17. The van der Waals surface area contributed by atoms with Crippen LogP contribution in [0.3, 0.4) is 0 Å². The van der Waals surface area contributed by atoms with Crippen LogP contribution in [-0.4, -0.2) is 29.5 Å². The number of nitrogens with zero attached hydrogens (tertiary/aromatic N) is 2. The van der Waals surface area contributed by atoms with Crippen LogP contribution in [0.5, 0.6) is 0 Å². The number of hydrogen-bond donors (Lipinski definition) is 1. The Bertz CT molecular complexity index is 726. The number of aromatic nitrogens is 2. The fraction of sp³-hybridized carbons (Fsp3) is 0.526. The summed E-state index contributed by atoms with van der Waals surface area (Å²) in [5.41, 5.74) is 3.02. The van der Waals surface area contributed by atoms with E-state index in [2.05, 4.69) is 10.4 Å². The minimum atomic E-state index is -0.613. The Kier molecular flexibility index (Phi) is 5.81. The third-order valence-corrected chi connectivity index (χ3v) is 4.57. The van der Waals surface area contributed by atoms with Gasteiger partial charge in [0.1, 0.15) is 11.5 Å². The van der Waals surface area contributed by atoms with Crippen LogP contribution in [0.4, 0.5) is 8.78 Å². The van der Waals surface area contributed by atoms with Crippen molar-refractivity contribution in [1.29, 1.82) is 0 Å². The Hall–Kier alpha value is -1.79. The fourth-order valence-electron chi connectivity index (χ4n) is 2.87. The summed E-state index contributed by atoms with van der Waals surface area (Å²) in [5.74, 6) is -0.401. The SMILES string of the molecule is Cc1nn(-c2ccc(F)cc2F)c(C)c1CNCCCOCC1CC1. The second-order valence-electron chi connectivity index (χ2n) is 6.71. The zero-order valence-electron chi connectivity index (χ0n) is 14.8. The van der Waals surface area contributed by atoms with Gasteiger partial charge in [0, 0.05) is 37.1 Å². The number of nitrogens with one attached hydrogen (secondary N) is 1. The average Bonchev–Trinajstić information content (AvgIpc) is 3.35. The molecule has 1 aromatic carbocycles. The maximum absolute atomic E-state index is 14.0. The smallest absolute Gasteiger partial charge is 0.151 e. The third kappa shape index (κ3) is 4.64. The van der Waals surface area contributed by atoms with E-state index in [-0.39, 0.29) is 5.69 Å². The van der Waals surface area contributed by atoms with Gasteiger partial charge in [0.2, 0.25) is 0 Å². The fourth-order valence-corrected chi connectivity index (χ4v) is 2.87. The molecule has 1 fully saturated rings. The van der Waals surface area contributed by atoms with E-state index in [0.717, 1.165) is 55.1 Å². The first-order valence-corrected chi connectivity index (χ1v) is 8.85. The van der Waals surface area contributed by atoms with Crippen LogP contribution in [0.1, 0.15) is 36.2 Å². The molecular formula is C19H25F2N3O. The molecule has 0 spiro atoms. The average molecular weight is 349 g/mol. The first-order chi connectivity index (χ1) is 12.1. The van der Waals surface area contributed by atoms with Gasteiger partial charge in [-0.2, -0.15) is 5.10 Å². The molecule has 1 aliphatic carbocycles. The number of hydrogen-bond acceptors (Lipinski definition) is 3. The molecule has 25 heavy (non-hydrogen) atoms. The van der Waals surface area contributed by atoms with Crippen LogP contribution in [0.2, 0.25) is 0 Å². The van der Waals surface area contributed by atoms with Crippen LogP contribution in [-0.2, 0) is 11.3 Å². The molecule has 1 aliphatic rings. The first-order valence-electron chi connectivity index (χ1n) is 8.85. The van der Waals surface area contributed by atoms with Crippen molar-refractivity contribution < 1.29 is 13.5 Å². The molecule has 0 aliphatic heterocycles. The molecule has 2 aromatic rings. The molecule has 0 unspecified atom stereocenters. The highest BCUT2D eigenvalue weighted by molar-refractivity contribution is 5.38. The molecule has 1 aromatic heterocycles. The van der Waals surface area contributed by atoms with Gasteiger partial charge < -0.3 is 10.1 Å². The molecule has 3 rings (SSSR count). The van der Waals surface area contributed by atoms with Gasteiger partial charge in [-0.25, -0.2) is 13.5 Å². The van der Waals surface area contributed by atoms with E-state index in [0.29, 0.717) is 6.54 Å². The first kappa shape index (κ1) is 18.0. The summed E-state index contributed by atoms with van der Waals surface area (Å²) in [4.78, 5) is 0. The van der Waals surface area contributed by atoms with E-state index in [1.807, 2.05) is 13.8 Å². The van der Waals surface area contributed by atoms with Crippen LogP contribution < -0.4 is 5.32 Å². The summed E-state index contributed by atoms with van der Waals surface area (Å²) in [6.07, 6.45) is 3.59. The molecule has 6 heteroatoms. The molecule has 1 saturated carbocycles. The highest BCUT2D eigenvalue weighted by Gasteiger charge is 2.20. The maximum atomic E-state index is 14.0. The molecule has 0 saturated heterocycles. The zero-order valence-corrected chi connectivity index (χ0v) is 14.8. The number of benzene rings is 1. The van der Waals surface area contributed by atoms with Crippen molar-refractivity contribution in [3.63, 3.8) is 0 Å². The lowest BCUT2D eigenvalue weighted by molar-refractivity contribution is 0.122. The van der Waals surface area contributed by atoms with Gasteiger partial charge in [-0.15, -0.1) is 0 Å². The number of ether oxygens (including phenoxy) is 1. The molecule has 0 bridgehead atoms. The Balaban J connectivity index is 1.54. The van der Waals surface area contributed by atoms with Crippen molar-refractivity contribution in [2.45, 2.75) is 39.7 Å². The summed E-state index contributed by atoms with van der Waals surface area (Å²) in [7, 11) is 0. The van der Waals surface area contributed by atoms with Gasteiger partial charge in [0.05, 0.1) is 5.69 Å². The third-order valence-electron chi connectivity index (χ3n) is 4.57. The predicted molar refractivity (Wildman–Crippen MR) is 92.8 cm³/mol. The van der Waals surface area contributed by atoms with Crippen molar-refractivity contribution in [3.8, 4) is 5.69 Å². The van der Waals surface area contributed by atoms with Gasteiger partial charge in [-0.3, -0.25) is 0 Å². The molecule has 1 N–H and O–H groups in total. The van der Waals surface area contributed by atoms with Crippen molar-refractivity contribution in [3.05, 3.63) is 46.8 Å². The van der Waals surface area contributed by atoms with E-state index in [9.17, 15) is 8.78 Å². The normalized spacial score (nSPS) is 14.2. The highest BCUT2D eigenvalue weighted by Crippen LogP contribution is 2.28. The second kappa shape index (κ2) is 8.06. The molecule has 4 nitrogen and oxygen atoms in total. The molecule has 0 atom stereocenters. The van der Waals surface area contributed by atoms with E-state index in [1.165, 1.54) is 25.0 Å². The van der Waals surface area contributed by atoms with E-state index in [1.54, 1.807) is 4.68 Å². The van der Waals surface area contributed by atoms with E-state index >= 15 is 0 Å². The zero-order chi connectivity index (χ0) is 17.8. The van der Waals surface area contributed by atoms with Crippen molar-refractivity contribution in [2.75, 3.05) is 19.8 Å². The van der Waals surface area contributed by atoms with E-state index < -0.39 is 11.6 Å². The van der Waals surface area contributed by atoms with Gasteiger partial charge in [0.25, 0.3) is 0 Å². The Morgan fingerprint density at radius 2 is 2.08 bits per heavy atom. The summed E-state index contributed by atoms with van der Waals surface area (Å²) in [6, 6.07) is 3.54. The molecule has 136 valence electrons. The Morgan fingerprint density at radius 1 is 1.28 bits per heavy atom. The van der Waals surface area contributed by atoms with Crippen LogP contribution in [0.25, 0.3) is 5.69 Å². The lowest BCUT2D eigenvalue weighted by atomic mass is 10.2. The van der Waals surface area contributed by atoms with Gasteiger partial charge in [-0.05, 0) is 57.7 Å². The maximum Gasteiger partial charge on any atom is 0.151 e. The highest BCUT2D eigenvalue weighted by atomic mass is 19.1. The summed E-state index contributed by atoms with van der Waals surface area (Å²) < 4.78 is 34.3. The molecule has 0 amide bonds. The predicted octanol–water partition coefficient (Wildman–Crippen LogP) is 3.67. The van der Waals surface area contributed by atoms with Crippen molar-refractivity contribution >= 4 is 0 Å². The second-order valence-corrected chi connectivity index (χ2v) is 6.71. The summed E-state index contributed by atoms with van der Waals surface area (Å²) >= 11 is 0.